The number of para-hydroxylation sites is 1. The van der Waals surface area contributed by atoms with Crippen LogP contribution >= 0.6 is 0 Å². The lowest BCUT2D eigenvalue weighted by Gasteiger charge is -2.36. The highest BCUT2D eigenvalue weighted by atomic mass is 16.5. The molecule has 0 saturated carbocycles. The van der Waals surface area contributed by atoms with Crippen molar-refractivity contribution in [2.24, 2.45) is 0 Å². The maximum atomic E-state index is 5.78. The van der Waals surface area contributed by atoms with Gasteiger partial charge in [0.1, 0.15) is 0 Å². The van der Waals surface area contributed by atoms with Gasteiger partial charge in [0.2, 0.25) is 0 Å². The van der Waals surface area contributed by atoms with Gasteiger partial charge in [0.05, 0.1) is 17.2 Å². The first kappa shape index (κ1) is 14.9. The minimum absolute atomic E-state index is 0.139. The molecular formula is C17H24N2O. The number of nitrogens with zero attached hydrogens (tertiary/aromatic N) is 1. The first-order valence-electron chi connectivity index (χ1n) is 7.27. The molecule has 1 aromatic heterocycles. The highest BCUT2D eigenvalue weighted by Gasteiger charge is 2.33. The fourth-order valence-electron chi connectivity index (χ4n) is 2.60. The third-order valence-corrected chi connectivity index (χ3v) is 4.13. The van der Waals surface area contributed by atoms with E-state index in [-0.39, 0.29) is 11.6 Å². The SMILES string of the molecule is CCNC(c1cnc2ccccc2c1)C(C)(CC)OC. The summed E-state index contributed by atoms with van der Waals surface area (Å²) < 4.78 is 5.78. The summed E-state index contributed by atoms with van der Waals surface area (Å²) >= 11 is 0. The smallest absolute Gasteiger partial charge is 0.0842 e. The lowest BCUT2D eigenvalue weighted by Crippen LogP contribution is -2.42. The number of hydrogen-bond donors (Lipinski definition) is 1. The molecule has 0 amide bonds. The van der Waals surface area contributed by atoms with E-state index in [0.717, 1.165) is 18.5 Å². The zero-order chi connectivity index (χ0) is 14.6. The van der Waals surface area contributed by atoms with Crippen LogP contribution in [0.25, 0.3) is 10.9 Å². The summed E-state index contributed by atoms with van der Waals surface area (Å²) in [5.74, 6) is 0. The van der Waals surface area contributed by atoms with E-state index >= 15 is 0 Å². The molecule has 2 rings (SSSR count). The Labute approximate surface area is 121 Å². The van der Waals surface area contributed by atoms with Gasteiger partial charge in [-0.2, -0.15) is 0 Å². The van der Waals surface area contributed by atoms with Crippen molar-refractivity contribution >= 4 is 10.9 Å². The zero-order valence-corrected chi connectivity index (χ0v) is 12.8. The number of likely N-dealkylation sites (N-methyl/N-ethyl adjacent to an activating group) is 1. The quantitative estimate of drug-likeness (QED) is 0.870. The fourth-order valence-corrected chi connectivity index (χ4v) is 2.60. The van der Waals surface area contributed by atoms with Crippen LogP contribution in [0.3, 0.4) is 0 Å². The van der Waals surface area contributed by atoms with E-state index in [1.165, 1.54) is 10.9 Å². The molecule has 0 saturated heterocycles. The molecule has 0 radical (unpaired) electrons. The van der Waals surface area contributed by atoms with Gasteiger partial charge in [-0.15, -0.1) is 0 Å². The highest BCUT2D eigenvalue weighted by Crippen LogP contribution is 2.32. The van der Waals surface area contributed by atoms with Crippen molar-refractivity contribution in [3.63, 3.8) is 0 Å². The summed E-state index contributed by atoms with van der Waals surface area (Å²) in [6.45, 7) is 7.32. The Morgan fingerprint density at radius 2 is 2.05 bits per heavy atom. The summed E-state index contributed by atoms with van der Waals surface area (Å²) in [5, 5.41) is 4.71. The Balaban J connectivity index is 2.45. The van der Waals surface area contributed by atoms with E-state index in [2.05, 4.69) is 43.2 Å². The molecule has 0 spiro atoms. The van der Waals surface area contributed by atoms with Crippen molar-refractivity contribution in [1.82, 2.24) is 10.3 Å². The molecule has 0 aliphatic carbocycles. The van der Waals surface area contributed by atoms with Crippen LogP contribution in [-0.2, 0) is 4.74 Å². The van der Waals surface area contributed by atoms with Crippen LogP contribution in [0.2, 0.25) is 0 Å². The van der Waals surface area contributed by atoms with E-state index < -0.39 is 0 Å². The van der Waals surface area contributed by atoms with E-state index in [9.17, 15) is 0 Å². The topological polar surface area (TPSA) is 34.2 Å². The average molecular weight is 272 g/mol. The molecule has 3 heteroatoms. The monoisotopic (exact) mass is 272 g/mol. The van der Waals surface area contributed by atoms with Crippen LogP contribution in [0.15, 0.2) is 36.5 Å². The summed E-state index contributed by atoms with van der Waals surface area (Å²) in [6, 6.07) is 10.6. The summed E-state index contributed by atoms with van der Waals surface area (Å²) in [7, 11) is 1.78. The van der Waals surface area contributed by atoms with Gasteiger partial charge in [0.25, 0.3) is 0 Å². The van der Waals surface area contributed by atoms with Crippen molar-refractivity contribution in [3.8, 4) is 0 Å². The molecule has 20 heavy (non-hydrogen) atoms. The molecule has 1 heterocycles. The normalized spacial score (nSPS) is 16.0. The second-order valence-electron chi connectivity index (χ2n) is 5.32. The molecule has 3 nitrogen and oxygen atoms in total. The number of rotatable bonds is 6. The van der Waals surface area contributed by atoms with E-state index in [0.29, 0.717) is 0 Å². The number of methoxy groups -OCH3 is 1. The van der Waals surface area contributed by atoms with Gasteiger partial charge in [-0.05, 0) is 37.6 Å². The van der Waals surface area contributed by atoms with Crippen LogP contribution in [0.1, 0.15) is 38.8 Å². The van der Waals surface area contributed by atoms with Gasteiger partial charge in [0.15, 0.2) is 0 Å². The molecule has 2 atom stereocenters. The Bertz CT molecular complexity index is 564. The number of hydrogen-bond acceptors (Lipinski definition) is 3. The first-order chi connectivity index (χ1) is 9.64. The molecule has 2 aromatic rings. The number of nitrogens with one attached hydrogen (secondary N) is 1. The first-order valence-corrected chi connectivity index (χ1v) is 7.27. The summed E-state index contributed by atoms with van der Waals surface area (Å²) in [5.41, 5.74) is 1.97. The van der Waals surface area contributed by atoms with Crippen molar-refractivity contribution < 1.29 is 4.74 Å². The van der Waals surface area contributed by atoms with Crippen molar-refractivity contribution in [3.05, 3.63) is 42.1 Å². The van der Waals surface area contributed by atoms with Gasteiger partial charge in [0, 0.05) is 18.7 Å². The van der Waals surface area contributed by atoms with Gasteiger partial charge >= 0.3 is 0 Å². The zero-order valence-electron chi connectivity index (χ0n) is 12.8. The molecule has 1 N–H and O–H groups in total. The predicted molar refractivity (Wildman–Crippen MR) is 83.9 cm³/mol. The van der Waals surface area contributed by atoms with Crippen LogP contribution in [0, 0.1) is 0 Å². The molecule has 2 unspecified atom stereocenters. The lowest BCUT2D eigenvalue weighted by molar-refractivity contribution is -0.0296. The van der Waals surface area contributed by atoms with Crippen LogP contribution in [-0.4, -0.2) is 24.2 Å². The number of ether oxygens (including phenoxy) is 1. The number of benzene rings is 1. The summed E-state index contributed by atoms with van der Waals surface area (Å²) in [6.07, 6.45) is 2.90. The number of fused-ring (bicyclic) bond motifs is 1. The maximum absolute atomic E-state index is 5.78. The Morgan fingerprint density at radius 1 is 1.30 bits per heavy atom. The van der Waals surface area contributed by atoms with Gasteiger partial charge in [-0.1, -0.05) is 32.0 Å². The minimum Gasteiger partial charge on any atom is -0.377 e. The van der Waals surface area contributed by atoms with E-state index in [4.69, 9.17) is 4.74 Å². The molecule has 0 bridgehead atoms. The highest BCUT2D eigenvalue weighted by molar-refractivity contribution is 5.78. The standard InChI is InChI=1S/C17H24N2O/c1-5-17(3,20-4)16(18-6-2)14-11-13-9-7-8-10-15(13)19-12-14/h7-12,16,18H,5-6H2,1-4H3. The second-order valence-corrected chi connectivity index (χ2v) is 5.32. The van der Waals surface area contributed by atoms with Crippen LogP contribution in [0.5, 0.6) is 0 Å². The molecule has 1 aromatic carbocycles. The Hall–Kier alpha value is -1.45. The number of aromatic nitrogens is 1. The van der Waals surface area contributed by atoms with Gasteiger partial charge in [-0.25, -0.2) is 0 Å². The Morgan fingerprint density at radius 3 is 2.70 bits per heavy atom. The summed E-state index contributed by atoms with van der Waals surface area (Å²) in [4.78, 5) is 4.57. The van der Waals surface area contributed by atoms with E-state index in [1.54, 1.807) is 7.11 Å². The van der Waals surface area contributed by atoms with Crippen molar-refractivity contribution in [1.29, 1.82) is 0 Å². The Kier molecular flexibility index (Phi) is 4.73. The largest absolute Gasteiger partial charge is 0.377 e. The molecule has 0 fully saturated rings. The molecule has 108 valence electrons. The molecule has 0 aliphatic rings. The van der Waals surface area contributed by atoms with Gasteiger partial charge < -0.3 is 10.1 Å². The molecular weight excluding hydrogens is 248 g/mol. The fraction of sp³-hybridized carbons (Fsp3) is 0.471. The number of pyridine rings is 1. The van der Waals surface area contributed by atoms with Crippen LogP contribution < -0.4 is 5.32 Å². The van der Waals surface area contributed by atoms with E-state index in [1.807, 2.05) is 24.4 Å². The lowest BCUT2D eigenvalue weighted by atomic mass is 9.88. The van der Waals surface area contributed by atoms with Crippen molar-refractivity contribution in [2.75, 3.05) is 13.7 Å². The molecule has 0 aliphatic heterocycles. The maximum Gasteiger partial charge on any atom is 0.0842 e. The predicted octanol–water partition coefficient (Wildman–Crippen LogP) is 3.70. The minimum atomic E-state index is -0.236. The van der Waals surface area contributed by atoms with Crippen LogP contribution in [0.4, 0.5) is 0 Å². The second kappa shape index (κ2) is 6.33. The van der Waals surface area contributed by atoms with Crippen molar-refractivity contribution in [2.45, 2.75) is 38.8 Å². The average Bonchev–Trinajstić information content (AvgIpc) is 2.51. The third-order valence-electron chi connectivity index (χ3n) is 4.13. The third kappa shape index (κ3) is 2.84. The van der Waals surface area contributed by atoms with Gasteiger partial charge in [-0.3, -0.25) is 4.98 Å².